The average molecular weight is 523 g/mol. The van der Waals surface area contributed by atoms with Crippen molar-refractivity contribution in [1.82, 2.24) is 29.8 Å². The van der Waals surface area contributed by atoms with Crippen molar-refractivity contribution < 1.29 is 19.1 Å². The zero-order valence-corrected chi connectivity index (χ0v) is 22.0. The molecule has 11 nitrogen and oxygen atoms in total. The molecule has 1 saturated carbocycles. The van der Waals surface area contributed by atoms with Gasteiger partial charge in [0.15, 0.2) is 11.4 Å². The van der Waals surface area contributed by atoms with E-state index in [9.17, 15) is 14.4 Å². The number of ether oxygens (including phenoxy) is 2. The number of hydrogen-bond donors (Lipinski definition) is 2. The SMILES string of the molecule is CC(C)(C)OC(=O)N1CCC(OCc2cc(=O)n3nc(-c4ccccc4)nc3[nH]2)(C(=O)NCC2CC2)CC1. The van der Waals surface area contributed by atoms with Crippen molar-refractivity contribution in [2.75, 3.05) is 19.6 Å². The van der Waals surface area contributed by atoms with Crippen molar-refractivity contribution >= 4 is 17.8 Å². The molecule has 11 heteroatoms. The Bertz CT molecular complexity index is 1360. The maximum absolute atomic E-state index is 13.3. The molecule has 38 heavy (non-hydrogen) atoms. The minimum Gasteiger partial charge on any atom is -0.444 e. The lowest BCUT2D eigenvalue weighted by atomic mass is 9.90. The Kier molecular flexibility index (Phi) is 6.95. The molecule has 0 bridgehead atoms. The van der Waals surface area contributed by atoms with Crippen molar-refractivity contribution in [3.05, 3.63) is 52.4 Å². The number of hydrogen-bond acceptors (Lipinski definition) is 7. The van der Waals surface area contributed by atoms with Gasteiger partial charge >= 0.3 is 6.09 Å². The first-order valence-corrected chi connectivity index (χ1v) is 13.1. The molecule has 5 rings (SSSR count). The van der Waals surface area contributed by atoms with Crippen LogP contribution in [-0.4, -0.2) is 67.3 Å². The largest absolute Gasteiger partial charge is 0.444 e. The van der Waals surface area contributed by atoms with Gasteiger partial charge in [-0.3, -0.25) is 9.59 Å². The van der Waals surface area contributed by atoms with Crippen LogP contribution in [0.1, 0.15) is 52.1 Å². The Morgan fingerprint density at radius 2 is 1.87 bits per heavy atom. The van der Waals surface area contributed by atoms with E-state index in [1.165, 1.54) is 10.6 Å². The van der Waals surface area contributed by atoms with E-state index in [0.717, 1.165) is 18.4 Å². The van der Waals surface area contributed by atoms with Crippen LogP contribution in [0.15, 0.2) is 41.2 Å². The quantitative estimate of drug-likeness (QED) is 0.488. The highest BCUT2D eigenvalue weighted by Gasteiger charge is 2.44. The van der Waals surface area contributed by atoms with E-state index in [1.54, 1.807) is 4.90 Å². The number of H-pyrrole nitrogens is 1. The highest BCUT2D eigenvalue weighted by Crippen LogP contribution is 2.31. The molecule has 3 heterocycles. The number of nitrogens with zero attached hydrogens (tertiary/aromatic N) is 4. The second kappa shape index (κ2) is 10.2. The summed E-state index contributed by atoms with van der Waals surface area (Å²) in [5.41, 5.74) is -0.794. The number of aromatic amines is 1. The number of carbonyl (C=O) groups excluding carboxylic acids is 2. The summed E-state index contributed by atoms with van der Waals surface area (Å²) in [6.45, 7) is 6.74. The van der Waals surface area contributed by atoms with Gasteiger partial charge in [-0.25, -0.2) is 4.79 Å². The lowest BCUT2D eigenvalue weighted by Gasteiger charge is -2.40. The molecule has 0 radical (unpaired) electrons. The van der Waals surface area contributed by atoms with Gasteiger partial charge in [-0.05, 0) is 39.5 Å². The number of rotatable bonds is 7. The third-order valence-corrected chi connectivity index (χ3v) is 6.81. The molecule has 1 aliphatic carbocycles. The fraction of sp³-hybridized carbons (Fsp3) is 0.519. The van der Waals surface area contributed by atoms with Crippen LogP contribution >= 0.6 is 0 Å². The number of benzene rings is 1. The topological polar surface area (TPSA) is 131 Å². The number of amides is 2. The van der Waals surface area contributed by atoms with Gasteiger partial charge in [0.2, 0.25) is 5.78 Å². The third kappa shape index (κ3) is 5.88. The first kappa shape index (κ1) is 25.9. The summed E-state index contributed by atoms with van der Waals surface area (Å²) >= 11 is 0. The summed E-state index contributed by atoms with van der Waals surface area (Å²) in [6.07, 6.45) is 2.47. The molecule has 3 aromatic rings. The molecule has 2 aliphatic rings. The normalized spacial score (nSPS) is 17.4. The molecule has 2 fully saturated rings. The highest BCUT2D eigenvalue weighted by molar-refractivity contribution is 5.85. The van der Waals surface area contributed by atoms with Crippen molar-refractivity contribution in [1.29, 1.82) is 0 Å². The zero-order chi connectivity index (χ0) is 26.9. The number of carbonyl (C=O) groups is 2. The third-order valence-electron chi connectivity index (χ3n) is 6.81. The van der Waals surface area contributed by atoms with E-state index in [0.29, 0.717) is 55.7 Å². The number of likely N-dealkylation sites (tertiary alicyclic amines) is 1. The highest BCUT2D eigenvalue weighted by atomic mass is 16.6. The molecule has 2 aromatic heterocycles. The maximum Gasteiger partial charge on any atom is 0.410 e. The van der Waals surface area contributed by atoms with E-state index >= 15 is 0 Å². The fourth-order valence-corrected chi connectivity index (χ4v) is 4.47. The van der Waals surface area contributed by atoms with Crippen LogP contribution in [0.2, 0.25) is 0 Å². The summed E-state index contributed by atoms with van der Waals surface area (Å²) in [6, 6.07) is 10.8. The van der Waals surface area contributed by atoms with Gasteiger partial charge < -0.3 is 24.7 Å². The van der Waals surface area contributed by atoms with Crippen LogP contribution in [0.25, 0.3) is 17.2 Å². The van der Waals surface area contributed by atoms with Gasteiger partial charge in [0, 0.05) is 49.8 Å². The van der Waals surface area contributed by atoms with E-state index in [4.69, 9.17) is 9.47 Å². The first-order valence-electron chi connectivity index (χ1n) is 13.1. The maximum atomic E-state index is 13.3. The first-order chi connectivity index (χ1) is 18.1. The average Bonchev–Trinajstić information content (AvgIpc) is 3.62. The number of fused-ring (bicyclic) bond motifs is 1. The molecule has 2 N–H and O–H groups in total. The predicted octanol–water partition coefficient (Wildman–Crippen LogP) is 2.90. The molecule has 1 aliphatic heterocycles. The fourth-order valence-electron chi connectivity index (χ4n) is 4.47. The Labute approximate surface area is 220 Å². The Balaban J connectivity index is 1.32. The van der Waals surface area contributed by atoms with Crippen molar-refractivity contribution in [2.24, 2.45) is 5.92 Å². The van der Waals surface area contributed by atoms with Crippen LogP contribution in [0.3, 0.4) is 0 Å². The molecule has 1 saturated heterocycles. The van der Waals surface area contributed by atoms with Gasteiger partial charge in [-0.15, -0.1) is 5.10 Å². The van der Waals surface area contributed by atoms with Crippen LogP contribution in [0, 0.1) is 5.92 Å². The van der Waals surface area contributed by atoms with Crippen LogP contribution < -0.4 is 10.9 Å². The molecule has 2 amide bonds. The van der Waals surface area contributed by atoms with E-state index in [1.807, 2.05) is 51.1 Å². The summed E-state index contributed by atoms with van der Waals surface area (Å²) in [5.74, 6) is 1.05. The minimum atomic E-state index is -1.13. The second-order valence-electron chi connectivity index (χ2n) is 11.1. The van der Waals surface area contributed by atoms with E-state index < -0.39 is 17.3 Å². The smallest absolute Gasteiger partial charge is 0.410 e. The van der Waals surface area contributed by atoms with Crippen LogP contribution in [-0.2, 0) is 20.9 Å². The monoisotopic (exact) mass is 522 g/mol. The van der Waals surface area contributed by atoms with Crippen LogP contribution in [0.4, 0.5) is 4.79 Å². The molecule has 0 spiro atoms. The van der Waals surface area contributed by atoms with E-state index in [-0.39, 0.29) is 18.1 Å². The van der Waals surface area contributed by atoms with Crippen LogP contribution in [0.5, 0.6) is 0 Å². The second-order valence-corrected chi connectivity index (χ2v) is 11.1. The lowest BCUT2D eigenvalue weighted by molar-refractivity contribution is -0.157. The summed E-state index contributed by atoms with van der Waals surface area (Å²) in [4.78, 5) is 47.9. The molecule has 0 unspecified atom stereocenters. The van der Waals surface area contributed by atoms with Gasteiger partial charge in [0.05, 0.1) is 6.61 Å². The molecule has 0 atom stereocenters. The van der Waals surface area contributed by atoms with Gasteiger partial charge in [0.25, 0.3) is 11.5 Å². The van der Waals surface area contributed by atoms with E-state index in [2.05, 4.69) is 20.4 Å². The number of nitrogens with one attached hydrogen (secondary N) is 2. The predicted molar refractivity (Wildman–Crippen MR) is 139 cm³/mol. The van der Waals surface area contributed by atoms with Gasteiger partial charge in [-0.1, -0.05) is 30.3 Å². The molecular weight excluding hydrogens is 488 g/mol. The Hall–Kier alpha value is -3.73. The summed E-state index contributed by atoms with van der Waals surface area (Å²) in [7, 11) is 0. The van der Waals surface area contributed by atoms with Crippen molar-refractivity contribution in [3.63, 3.8) is 0 Å². The van der Waals surface area contributed by atoms with Gasteiger partial charge in [0.1, 0.15) is 5.60 Å². The Morgan fingerprint density at radius 3 is 2.53 bits per heavy atom. The molecular formula is C27H34N6O5. The minimum absolute atomic E-state index is 0.00254. The lowest BCUT2D eigenvalue weighted by Crippen LogP contribution is -2.56. The van der Waals surface area contributed by atoms with Gasteiger partial charge in [-0.2, -0.15) is 9.50 Å². The molecule has 1 aromatic carbocycles. The summed E-state index contributed by atoms with van der Waals surface area (Å²) < 4.78 is 13.0. The number of piperidine rings is 1. The summed E-state index contributed by atoms with van der Waals surface area (Å²) in [5, 5.41) is 7.36. The standard InChI is InChI=1S/C27H34N6O5/c1-26(2,3)38-25(36)32-13-11-27(12-14-32,23(35)28-16-18-9-10-18)37-17-20-15-21(34)33-24(29-20)30-22(31-33)19-7-5-4-6-8-19/h4-8,15,18H,9-14,16-17H2,1-3H3,(H,28,35)(H,29,30,31). The van der Waals surface area contributed by atoms with Crippen molar-refractivity contribution in [3.8, 4) is 11.4 Å². The van der Waals surface area contributed by atoms with Crippen molar-refractivity contribution in [2.45, 2.75) is 64.3 Å². The number of aromatic nitrogens is 4. The Morgan fingerprint density at radius 1 is 1.16 bits per heavy atom. The zero-order valence-electron chi connectivity index (χ0n) is 22.0. The molecule has 202 valence electrons.